The van der Waals surface area contributed by atoms with Gasteiger partial charge in [-0.2, -0.15) is 0 Å². The van der Waals surface area contributed by atoms with E-state index in [1.54, 1.807) is 0 Å². The maximum Gasteiger partial charge on any atom is 0.0431 e. The van der Waals surface area contributed by atoms with Crippen LogP contribution in [0.3, 0.4) is 0 Å². The van der Waals surface area contributed by atoms with Crippen LogP contribution >= 0.6 is 11.8 Å². The second-order valence-corrected chi connectivity index (χ2v) is 5.69. The summed E-state index contributed by atoms with van der Waals surface area (Å²) in [5, 5.41) is 12.2. The Labute approximate surface area is 115 Å². The molecule has 1 unspecified atom stereocenters. The van der Waals surface area contributed by atoms with E-state index >= 15 is 0 Å². The van der Waals surface area contributed by atoms with Crippen LogP contribution in [0, 0.1) is 0 Å². The zero-order chi connectivity index (χ0) is 13.2. The van der Waals surface area contributed by atoms with Gasteiger partial charge < -0.3 is 10.4 Å². The number of rotatable bonds is 9. The Balaban J connectivity index is 2.37. The molecular formula is C15H25NOS. The molecule has 0 aliphatic rings. The van der Waals surface area contributed by atoms with Gasteiger partial charge in [0.05, 0.1) is 0 Å². The highest BCUT2D eigenvalue weighted by molar-refractivity contribution is 7.99. The highest BCUT2D eigenvalue weighted by atomic mass is 32.2. The van der Waals surface area contributed by atoms with Crippen LogP contribution in [0.4, 0.5) is 0 Å². The van der Waals surface area contributed by atoms with Crippen molar-refractivity contribution in [2.24, 2.45) is 0 Å². The predicted molar refractivity (Wildman–Crippen MR) is 80.2 cm³/mol. The van der Waals surface area contributed by atoms with E-state index in [1.807, 2.05) is 11.8 Å². The van der Waals surface area contributed by atoms with Crippen molar-refractivity contribution in [3.63, 3.8) is 0 Å². The molecule has 3 heteroatoms. The van der Waals surface area contributed by atoms with Crippen LogP contribution in [0.2, 0.25) is 0 Å². The van der Waals surface area contributed by atoms with Crippen LogP contribution in [0.1, 0.15) is 44.7 Å². The molecule has 0 aliphatic heterocycles. The van der Waals surface area contributed by atoms with Crippen molar-refractivity contribution in [3.8, 4) is 0 Å². The first-order valence-electron chi connectivity index (χ1n) is 6.85. The van der Waals surface area contributed by atoms with Crippen molar-refractivity contribution in [1.82, 2.24) is 5.32 Å². The van der Waals surface area contributed by atoms with Crippen LogP contribution in [-0.2, 0) is 0 Å². The van der Waals surface area contributed by atoms with E-state index in [2.05, 4.69) is 43.4 Å². The molecule has 0 saturated carbocycles. The fraction of sp³-hybridized carbons (Fsp3) is 0.600. The summed E-state index contributed by atoms with van der Waals surface area (Å²) in [4.78, 5) is 1.32. The van der Waals surface area contributed by atoms with Crippen molar-refractivity contribution >= 4 is 11.8 Å². The molecule has 0 heterocycles. The van der Waals surface area contributed by atoms with Crippen LogP contribution in [0.5, 0.6) is 0 Å². The SMILES string of the molecule is CCCNC(C)c1ccc(SCCCCO)cc1. The summed E-state index contributed by atoms with van der Waals surface area (Å²) in [6, 6.07) is 9.24. The fourth-order valence-corrected chi connectivity index (χ4v) is 2.65. The fourth-order valence-electron chi connectivity index (χ4n) is 1.74. The zero-order valence-electron chi connectivity index (χ0n) is 11.5. The summed E-state index contributed by atoms with van der Waals surface area (Å²) in [6.07, 6.45) is 3.16. The van der Waals surface area contributed by atoms with E-state index < -0.39 is 0 Å². The normalized spacial score (nSPS) is 12.6. The molecule has 1 rings (SSSR count). The Morgan fingerprint density at radius 1 is 1.22 bits per heavy atom. The number of hydrogen-bond acceptors (Lipinski definition) is 3. The maximum absolute atomic E-state index is 8.72. The van der Waals surface area contributed by atoms with Gasteiger partial charge in [0, 0.05) is 17.5 Å². The van der Waals surface area contributed by atoms with Gasteiger partial charge in [-0.05, 0) is 56.2 Å². The molecule has 2 N–H and O–H groups in total. The lowest BCUT2D eigenvalue weighted by Crippen LogP contribution is -2.19. The average Bonchev–Trinajstić information content (AvgIpc) is 2.41. The summed E-state index contributed by atoms with van der Waals surface area (Å²) < 4.78 is 0. The first-order chi connectivity index (χ1) is 8.77. The second-order valence-electron chi connectivity index (χ2n) is 4.52. The van der Waals surface area contributed by atoms with E-state index in [4.69, 9.17) is 5.11 Å². The number of benzene rings is 1. The van der Waals surface area contributed by atoms with Crippen molar-refractivity contribution in [2.75, 3.05) is 18.9 Å². The predicted octanol–water partition coefficient (Wildman–Crippen LogP) is 3.61. The minimum atomic E-state index is 0.306. The Morgan fingerprint density at radius 2 is 1.94 bits per heavy atom. The lowest BCUT2D eigenvalue weighted by atomic mass is 10.1. The number of aliphatic hydroxyl groups is 1. The van der Waals surface area contributed by atoms with E-state index in [9.17, 15) is 0 Å². The van der Waals surface area contributed by atoms with Crippen molar-refractivity contribution in [1.29, 1.82) is 0 Å². The number of hydrogen-bond donors (Lipinski definition) is 2. The first kappa shape index (κ1) is 15.5. The van der Waals surface area contributed by atoms with Crippen molar-refractivity contribution in [3.05, 3.63) is 29.8 Å². The molecule has 0 saturated heterocycles. The van der Waals surface area contributed by atoms with Gasteiger partial charge in [-0.25, -0.2) is 0 Å². The van der Waals surface area contributed by atoms with Crippen LogP contribution in [-0.4, -0.2) is 24.0 Å². The van der Waals surface area contributed by atoms with Gasteiger partial charge >= 0.3 is 0 Å². The topological polar surface area (TPSA) is 32.3 Å². The number of nitrogens with one attached hydrogen (secondary N) is 1. The first-order valence-corrected chi connectivity index (χ1v) is 7.83. The van der Waals surface area contributed by atoms with E-state index in [0.29, 0.717) is 12.6 Å². The average molecular weight is 267 g/mol. The molecule has 0 aliphatic carbocycles. The van der Waals surface area contributed by atoms with Crippen molar-refractivity contribution in [2.45, 2.75) is 44.0 Å². The van der Waals surface area contributed by atoms with Gasteiger partial charge in [-0.3, -0.25) is 0 Å². The maximum atomic E-state index is 8.72. The van der Waals surface area contributed by atoms with Crippen LogP contribution < -0.4 is 5.32 Å². The number of aliphatic hydroxyl groups excluding tert-OH is 1. The van der Waals surface area contributed by atoms with E-state index in [-0.39, 0.29) is 0 Å². The second kappa shape index (κ2) is 9.42. The summed E-state index contributed by atoms with van der Waals surface area (Å²) >= 11 is 1.87. The van der Waals surface area contributed by atoms with Gasteiger partial charge in [0.15, 0.2) is 0 Å². The molecule has 1 aromatic carbocycles. The zero-order valence-corrected chi connectivity index (χ0v) is 12.3. The molecule has 1 atom stereocenters. The monoisotopic (exact) mass is 267 g/mol. The summed E-state index contributed by atoms with van der Waals surface area (Å²) in [5.74, 6) is 1.09. The van der Waals surface area contributed by atoms with Gasteiger partial charge in [-0.1, -0.05) is 19.1 Å². The minimum Gasteiger partial charge on any atom is -0.396 e. The summed E-state index contributed by atoms with van der Waals surface area (Å²) in [6.45, 7) is 5.77. The summed E-state index contributed by atoms with van der Waals surface area (Å²) in [7, 11) is 0. The molecule has 0 fully saturated rings. The molecule has 1 aromatic rings. The Hall–Kier alpha value is -0.510. The number of unbranched alkanes of at least 4 members (excludes halogenated alkanes) is 1. The van der Waals surface area contributed by atoms with Gasteiger partial charge in [0.1, 0.15) is 0 Å². The van der Waals surface area contributed by atoms with E-state index in [0.717, 1.165) is 25.1 Å². The molecule has 0 amide bonds. The molecular weight excluding hydrogens is 242 g/mol. The largest absolute Gasteiger partial charge is 0.396 e. The Kier molecular flexibility index (Phi) is 8.14. The Morgan fingerprint density at radius 3 is 2.56 bits per heavy atom. The Bertz CT molecular complexity index is 313. The van der Waals surface area contributed by atoms with Crippen molar-refractivity contribution < 1.29 is 5.11 Å². The third-order valence-electron chi connectivity index (χ3n) is 2.90. The molecule has 0 aromatic heterocycles. The highest BCUT2D eigenvalue weighted by Crippen LogP contribution is 2.22. The molecule has 0 spiro atoms. The smallest absolute Gasteiger partial charge is 0.0431 e. The lowest BCUT2D eigenvalue weighted by molar-refractivity contribution is 0.287. The van der Waals surface area contributed by atoms with Crippen LogP contribution in [0.15, 0.2) is 29.2 Å². The minimum absolute atomic E-state index is 0.306. The molecule has 0 bridgehead atoms. The van der Waals surface area contributed by atoms with Gasteiger partial charge in [-0.15, -0.1) is 11.8 Å². The molecule has 18 heavy (non-hydrogen) atoms. The molecule has 0 radical (unpaired) electrons. The number of thioether (sulfide) groups is 1. The van der Waals surface area contributed by atoms with Gasteiger partial charge in [0.2, 0.25) is 0 Å². The quantitative estimate of drug-likeness (QED) is 0.529. The third-order valence-corrected chi connectivity index (χ3v) is 4.00. The standard InChI is InChI=1S/C15H25NOS/c1-3-10-16-13(2)14-6-8-15(9-7-14)18-12-5-4-11-17/h6-9,13,16-17H,3-5,10-12H2,1-2H3. The third kappa shape index (κ3) is 5.89. The van der Waals surface area contributed by atoms with Crippen LogP contribution in [0.25, 0.3) is 0 Å². The molecule has 102 valence electrons. The highest BCUT2D eigenvalue weighted by Gasteiger charge is 2.03. The molecule has 2 nitrogen and oxygen atoms in total. The van der Waals surface area contributed by atoms with Gasteiger partial charge in [0.25, 0.3) is 0 Å². The van der Waals surface area contributed by atoms with E-state index in [1.165, 1.54) is 16.9 Å². The lowest BCUT2D eigenvalue weighted by Gasteiger charge is -2.14. The summed E-state index contributed by atoms with van der Waals surface area (Å²) in [5.41, 5.74) is 1.35.